The number of amides is 1. The van der Waals surface area contributed by atoms with E-state index in [2.05, 4.69) is 19.8 Å². The van der Waals surface area contributed by atoms with Crippen molar-refractivity contribution in [2.45, 2.75) is 25.2 Å². The van der Waals surface area contributed by atoms with Gasteiger partial charge in [0.1, 0.15) is 0 Å². The van der Waals surface area contributed by atoms with E-state index in [0.717, 1.165) is 4.88 Å². The van der Waals surface area contributed by atoms with Crippen molar-refractivity contribution >= 4 is 22.4 Å². The second-order valence-corrected chi connectivity index (χ2v) is 6.33. The Morgan fingerprint density at radius 1 is 1.35 bits per heavy atom. The standard InChI is InChI=1S/C14H11F2N3O3S/c15-14(16)21-9-2-1-6(3-10(9)22-14)7-4-11(20)18-5-8-12(7)23-13(17)19-8/h1-3,7H,4-5H2,(H2,17,19)(H,18,20)/t7-/m0/s1. The van der Waals surface area contributed by atoms with E-state index in [1.165, 1.54) is 23.5 Å². The van der Waals surface area contributed by atoms with Gasteiger partial charge in [-0.1, -0.05) is 6.07 Å². The Labute approximate surface area is 133 Å². The van der Waals surface area contributed by atoms with Crippen LogP contribution >= 0.6 is 11.3 Å². The summed E-state index contributed by atoms with van der Waals surface area (Å²) in [5, 5.41) is 3.16. The molecule has 0 radical (unpaired) electrons. The molecule has 0 bridgehead atoms. The van der Waals surface area contributed by atoms with Crippen molar-refractivity contribution in [3.63, 3.8) is 0 Å². The number of anilines is 1. The highest BCUT2D eigenvalue weighted by Gasteiger charge is 2.43. The lowest BCUT2D eigenvalue weighted by Crippen LogP contribution is -2.25. The average Bonchev–Trinajstić information content (AvgIpc) is 2.94. The molecule has 0 saturated carbocycles. The third-order valence-corrected chi connectivity index (χ3v) is 4.77. The van der Waals surface area contributed by atoms with Crippen LogP contribution in [0, 0.1) is 0 Å². The van der Waals surface area contributed by atoms with E-state index in [-0.39, 0.29) is 29.7 Å². The highest BCUT2D eigenvalue weighted by Crippen LogP contribution is 2.45. The van der Waals surface area contributed by atoms with Crippen molar-refractivity contribution in [3.05, 3.63) is 34.3 Å². The van der Waals surface area contributed by atoms with Crippen molar-refractivity contribution in [2.24, 2.45) is 0 Å². The quantitative estimate of drug-likeness (QED) is 0.832. The molecule has 3 heterocycles. The summed E-state index contributed by atoms with van der Waals surface area (Å²) in [6.45, 7) is 0.307. The molecule has 0 spiro atoms. The topological polar surface area (TPSA) is 86.5 Å². The van der Waals surface area contributed by atoms with Crippen molar-refractivity contribution in [2.75, 3.05) is 5.73 Å². The van der Waals surface area contributed by atoms with Gasteiger partial charge in [-0.15, -0.1) is 20.1 Å². The minimum atomic E-state index is -3.66. The Morgan fingerprint density at radius 3 is 2.96 bits per heavy atom. The van der Waals surface area contributed by atoms with Gasteiger partial charge in [-0.2, -0.15) is 0 Å². The zero-order valence-corrected chi connectivity index (χ0v) is 12.5. The number of carbonyl (C=O) groups is 1. The zero-order chi connectivity index (χ0) is 16.2. The van der Waals surface area contributed by atoms with E-state index < -0.39 is 6.29 Å². The van der Waals surface area contributed by atoms with Gasteiger partial charge in [0, 0.05) is 17.2 Å². The molecule has 0 aliphatic carbocycles. The number of nitrogen functional groups attached to an aromatic ring is 1. The van der Waals surface area contributed by atoms with E-state index in [1.807, 2.05) is 0 Å². The predicted molar refractivity (Wildman–Crippen MR) is 77.5 cm³/mol. The molecular weight excluding hydrogens is 328 g/mol. The molecule has 1 atom stereocenters. The third kappa shape index (κ3) is 2.46. The van der Waals surface area contributed by atoms with Crippen LogP contribution in [0.2, 0.25) is 0 Å². The summed E-state index contributed by atoms with van der Waals surface area (Å²) in [6, 6.07) is 4.53. The van der Waals surface area contributed by atoms with Crippen LogP contribution < -0.4 is 20.5 Å². The number of thiazole rings is 1. The molecular formula is C14H11F2N3O3S. The van der Waals surface area contributed by atoms with Crippen LogP contribution in [0.25, 0.3) is 0 Å². The lowest BCUT2D eigenvalue weighted by atomic mass is 9.93. The molecule has 2 aliphatic rings. The number of hydrogen-bond acceptors (Lipinski definition) is 6. The Morgan fingerprint density at radius 2 is 2.13 bits per heavy atom. The van der Waals surface area contributed by atoms with E-state index >= 15 is 0 Å². The largest absolute Gasteiger partial charge is 0.586 e. The van der Waals surface area contributed by atoms with Gasteiger partial charge in [-0.05, 0) is 17.7 Å². The molecule has 0 fully saturated rings. The molecule has 4 rings (SSSR count). The van der Waals surface area contributed by atoms with Gasteiger partial charge in [-0.25, -0.2) is 4.98 Å². The van der Waals surface area contributed by atoms with Crippen LogP contribution in [0.1, 0.15) is 28.5 Å². The highest BCUT2D eigenvalue weighted by atomic mass is 32.1. The molecule has 1 aromatic carbocycles. The average molecular weight is 339 g/mol. The van der Waals surface area contributed by atoms with E-state index in [0.29, 0.717) is 22.9 Å². The van der Waals surface area contributed by atoms with Gasteiger partial charge in [0.15, 0.2) is 16.6 Å². The molecule has 23 heavy (non-hydrogen) atoms. The SMILES string of the molecule is Nc1nc2c(s1)[C@H](c1ccc3c(c1)OC(F)(F)O3)CC(=O)NC2. The van der Waals surface area contributed by atoms with Gasteiger partial charge in [0.2, 0.25) is 5.91 Å². The van der Waals surface area contributed by atoms with Crippen molar-refractivity contribution in [1.82, 2.24) is 10.3 Å². The normalized spacial score (nSPS) is 21.5. The summed E-state index contributed by atoms with van der Waals surface area (Å²) in [6.07, 6.45) is -3.48. The number of alkyl halides is 2. The lowest BCUT2D eigenvalue weighted by Gasteiger charge is -2.14. The number of rotatable bonds is 1. The molecule has 1 amide bonds. The zero-order valence-electron chi connectivity index (χ0n) is 11.6. The first-order valence-electron chi connectivity index (χ1n) is 6.83. The van der Waals surface area contributed by atoms with E-state index in [9.17, 15) is 13.6 Å². The van der Waals surface area contributed by atoms with Gasteiger partial charge in [0.05, 0.1) is 12.2 Å². The molecule has 9 heteroatoms. The monoisotopic (exact) mass is 339 g/mol. The molecule has 6 nitrogen and oxygen atoms in total. The summed E-state index contributed by atoms with van der Waals surface area (Å²) in [4.78, 5) is 17.0. The third-order valence-electron chi connectivity index (χ3n) is 3.73. The van der Waals surface area contributed by atoms with E-state index in [1.54, 1.807) is 6.07 Å². The van der Waals surface area contributed by atoms with Crippen LogP contribution in [-0.2, 0) is 11.3 Å². The number of nitrogens with two attached hydrogens (primary N) is 1. The fourth-order valence-corrected chi connectivity index (χ4v) is 3.74. The first kappa shape index (κ1) is 14.2. The van der Waals surface area contributed by atoms with Gasteiger partial charge in [-0.3, -0.25) is 4.79 Å². The fraction of sp³-hybridized carbons (Fsp3) is 0.286. The van der Waals surface area contributed by atoms with Gasteiger partial charge < -0.3 is 20.5 Å². The molecule has 0 unspecified atom stereocenters. The number of ether oxygens (including phenoxy) is 2. The predicted octanol–water partition coefficient (Wildman–Crippen LogP) is 2.20. The molecule has 1 aromatic heterocycles. The van der Waals surface area contributed by atoms with Crippen LogP contribution in [0.4, 0.5) is 13.9 Å². The maximum atomic E-state index is 13.1. The van der Waals surface area contributed by atoms with Crippen LogP contribution in [-0.4, -0.2) is 17.2 Å². The first-order chi connectivity index (χ1) is 10.9. The number of aromatic nitrogens is 1. The molecule has 2 aromatic rings. The highest BCUT2D eigenvalue weighted by molar-refractivity contribution is 7.15. The minimum Gasteiger partial charge on any atom is -0.395 e. The smallest absolute Gasteiger partial charge is 0.395 e. The summed E-state index contributed by atoms with van der Waals surface area (Å²) < 4.78 is 35.2. The van der Waals surface area contributed by atoms with Crippen LogP contribution in [0.15, 0.2) is 18.2 Å². The lowest BCUT2D eigenvalue weighted by molar-refractivity contribution is -0.286. The summed E-state index contributed by atoms with van der Waals surface area (Å²) in [5.41, 5.74) is 7.13. The van der Waals surface area contributed by atoms with Crippen LogP contribution in [0.5, 0.6) is 11.5 Å². The Bertz CT molecular complexity index is 809. The van der Waals surface area contributed by atoms with Crippen molar-refractivity contribution < 1.29 is 23.0 Å². The second kappa shape index (κ2) is 4.79. The summed E-state index contributed by atoms with van der Waals surface area (Å²) >= 11 is 1.30. The number of halogens is 2. The molecule has 2 aliphatic heterocycles. The first-order valence-corrected chi connectivity index (χ1v) is 7.64. The van der Waals surface area contributed by atoms with Crippen molar-refractivity contribution in [3.8, 4) is 11.5 Å². The summed E-state index contributed by atoms with van der Waals surface area (Å²) in [7, 11) is 0. The Kier molecular flexibility index (Phi) is 2.95. The van der Waals surface area contributed by atoms with E-state index in [4.69, 9.17) is 5.73 Å². The Hall–Kier alpha value is -2.42. The van der Waals surface area contributed by atoms with Gasteiger partial charge in [0.25, 0.3) is 0 Å². The van der Waals surface area contributed by atoms with Gasteiger partial charge >= 0.3 is 6.29 Å². The number of benzene rings is 1. The summed E-state index contributed by atoms with van der Waals surface area (Å²) in [5.74, 6) is -0.524. The number of fused-ring (bicyclic) bond motifs is 2. The molecule has 0 saturated heterocycles. The van der Waals surface area contributed by atoms with Crippen LogP contribution in [0.3, 0.4) is 0 Å². The Balaban J connectivity index is 1.76. The fourth-order valence-electron chi connectivity index (χ4n) is 2.77. The minimum absolute atomic E-state index is 0.0270. The second-order valence-electron chi connectivity index (χ2n) is 5.27. The maximum absolute atomic E-state index is 13.1. The van der Waals surface area contributed by atoms with Crippen molar-refractivity contribution in [1.29, 1.82) is 0 Å². The number of hydrogen-bond donors (Lipinski definition) is 2. The number of carbonyl (C=O) groups excluding carboxylic acids is 1. The number of nitrogens with one attached hydrogen (secondary N) is 1. The molecule has 3 N–H and O–H groups in total. The molecule has 120 valence electrons. The number of nitrogens with zero attached hydrogens (tertiary/aromatic N) is 1. The maximum Gasteiger partial charge on any atom is 0.586 e.